The molecule has 96 valence electrons. The van der Waals surface area contributed by atoms with Crippen LogP contribution in [0.15, 0.2) is 6.33 Å². The van der Waals surface area contributed by atoms with Gasteiger partial charge in [-0.25, -0.2) is 0 Å². The van der Waals surface area contributed by atoms with E-state index in [0.29, 0.717) is 0 Å². The van der Waals surface area contributed by atoms with Crippen molar-refractivity contribution in [2.24, 2.45) is 13.0 Å². The van der Waals surface area contributed by atoms with Crippen LogP contribution in [0.5, 0.6) is 0 Å². The Labute approximate surface area is 103 Å². The molecule has 0 radical (unpaired) electrons. The van der Waals surface area contributed by atoms with Gasteiger partial charge in [0.25, 0.3) is 0 Å². The molecule has 0 spiro atoms. The lowest BCUT2D eigenvalue weighted by Gasteiger charge is -2.29. The fourth-order valence-corrected chi connectivity index (χ4v) is 2.48. The molecule has 0 saturated carbocycles. The average molecular weight is 237 g/mol. The highest BCUT2D eigenvalue weighted by Gasteiger charge is 2.16. The monoisotopic (exact) mass is 237 g/mol. The van der Waals surface area contributed by atoms with Gasteiger partial charge in [0, 0.05) is 26.6 Å². The highest BCUT2D eigenvalue weighted by atomic mass is 15.2. The first-order valence-corrected chi connectivity index (χ1v) is 6.48. The Morgan fingerprint density at radius 3 is 3.06 bits per heavy atom. The first-order chi connectivity index (χ1) is 8.25. The molecule has 1 aliphatic heterocycles. The topological polar surface area (TPSA) is 46.0 Å². The van der Waals surface area contributed by atoms with E-state index in [1.54, 1.807) is 6.33 Å². The normalized spacial score (nSPS) is 21.9. The summed E-state index contributed by atoms with van der Waals surface area (Å²) in [5, 5.41) is 11.5. The highest BCUT2D eigenvalue weighted by molar-refractivity contribution is 4.85. The number of nitrogens with one attached hydrogen (secondary N) is 1. The van der Waals surface area contributed by atoms with E-state index >= 15 is 0 Å². The summed E-state index contributed by atoms with van der Waals surface area (Å²) < 4.78 is 1.98. The second kappa shape index (κ2) is 6.12. The Morgan fingerprint density at radius 1 is 1.47 bits per heavy atom. The summed E-state index contributed by atoms with van der Waals surface area (Å²) in [4.78, 5) is 2.43. The van der Waals surface area contributed by atoms with Crippen LogP contribution in [0, 0.1) is 5.92 Å². The maximum Gasteiger partial charge on any atom is 0.133 e. The molecule has 1 unspecified atom stereocenters. The molecule has 5 heteroatoms. The smallest absolute Gasteiger partial charge is 0.133 e. The standard InChI is InChI=1S/C12H23N5/c1-16-7-3-4-11(9-16)8-13-6-5-12-15-14-10-17(12)2/h10-11,13H,3-9H2,1-2H3. The van der Waals surface area contributed by atoms with Crippen LogP contribution in [0.25, 0.3) is 0 Å². The molecular formula is C12H23N5. The lowest BCUT2D eigenvalue weighted by molar-refractivity contribution is 0.206. The Hall–Kier alpha value is -0.940. The van der Waals surface area contributed by atoms with Crippen molar-refractivity contribution < 1.29 is 0 Å². The van der Waals surface area contributed by atoms with Crippen molar-refractivity contribution in [3.8, 4) is 0 Å². The third kappa shape index (κ3) is 3.78. The third-order valence-electron chi connectivity index (χ3n) is 3.49. The number of rotatable bonds is 5. The zero-order valence-electron chi connectivity index (χ0n) is 10.9. The molecule has 0 aliphatic carbocycles. The van der Waals surface area contributed by atoms with E-state index in [0.717, 1.165) is 31.3 Å². The zero-order chi connectivity index (χ0) is 12.1. The largest absolute Gasteiger partial charge is 0.321 e. The Balaban J connectivity index is 1.61. The summed E-state index contributed by atoms with van der Waals surface area (Å²) in [6.45, 7) is 4.61. The summed E-state index contributed by atoms with van der Waals surface area (Å²) in [5.74, 6) is 1.87. The fourth-order valence-electron chi connectivity index (χ4n) is 2.48. The first-order valence-electron chi connectivity index (χ1n) is 6.48. The summed E-state index contributed by atoms with van der Waals surface area (Å²) in [7, 11) is 4.21. The van der Waals surface area contributed by atoms with Crippen molar-refractivity contribution in [2.45, 2.75) is 19.3 Å². The molecule has 0 bridgehead atoms. The number of likely N-dealkylation sites (tertiary alicyclic amines) is 1. The van der Waals surface area contributed by atoms with Crippen molar-refractivity contribution in [2.75, 3.05) is 33.2 Å². The minimum Gasteiger partial charge on any atom is -0.321 e. The number of piperidine rings is 1. The number of hydrogen-bond acceptors (Lipinski definition) is 4. The quantitative estimate of drug-likeness (QED) is 0.748. The van der Waals surface area contributed by atoms with E-state index in [2.05, 4.69) is 27.5 Å². The number of aryl methyl sites for hydroxylation is 1. The van der Waals surface area contributed by atoms with Gasteiger partial charge in [0.05, 0.1) is 0 Å². The van der Waals surface area contributed by atoms with Crippen LogP contribution in [0.3, 0.4) is 0 Å². The van der Waals surface area contributed by atoms with Crippen molar-refractivity contribution >= 4 is 0 Å². The summed E-state index contributed by atoms with van der Waals surface area (Å²) in [5.41, 5.74) is 0. The zero-order valence-corrected chi connectivity index (χ0v) is 10.9. The molecule has 1 saturated heterocycles. The Morgan fingerprint density at radius 2 is 2.35 bits per heavy atom. The van der Waals surface area contributed by atoms with Crippen molar-refractivity contribution in [1.82, 2.24) is 25.0 Å². The number of nitrogens with zero attached hydrogens (tertiary/aromatic N) is 4. The van der Waals surface area contributed by atoms with Gasteiger partial charge in [0.2, 0.25) is 0 Å². The van der Waals surface area contributed by atoms with E-state index in [9.17, 15) is 0 Å². The van der Waals surface area contributed by atoms with Gasteiger partial charge >= 0.3 is 0 Å². The van der Waals surface area contributed by atoms with E-state index < -0.39 is 0 Å². The summed E-state index contributed by atoms with van der Waals surface area (Å²) in [6.07, 6.45) is 5.41. The Kier molecular flexibility index (Phi) is 4.50. The van der Waals surface area contributed by atoms with Crippen LogP contribution < -0.4 is 5.32 Å². The molecule has 1 aromatic rings. The number of hydrogen-bond donors (Lipinski definition) is 1. The summed E-state index contributed by atoms with van der Waals surface area (Å²) >= 11 is 0. The second-order valence-electron chi connectivity index (χ2n) is 5.08. The van der Waals surface area contributed by atoms with Gasteiger partial charge in [-0.05, 0) is 38.9 Å². The molecule has 0 amide bonds. The van der Waals surface area contributed by atoms with Gasteiger partial charge in [0.15, 0.2) is 0 Å². The maximum absolute atomic E-state index is 4.08. The molecular weight excluding hydrogens is 214 g/mol. The van der Waals surface area contributed by atoms with Crippen molar-refractivity contribution in [1.29, 1.82) is 0 Å². The Bertz CT molecular complexity index is 335. The summed E-state index contributed by atoms with van der Waals surface area (Å²) in [6, 6.07) is 0. The van der Waals surface area contributed by atoms with Gasteiger partial charge in [0.1, 0.15) is 12.2 Å². The first kappa shape index (κ1) is 12.5. The lowest BCUT2D eigenvalue weighted by Crippen LogP contribution is -2.37. The molecule has 1 aromatic heterocycles. The second-order valence-corrected chi connectivity index (χ2v) is 5.08. The average Bonchev–Trinajstić information content (AvgIpc) is 2.71. The van der Waals surface area contributed by atoms with Crippen LogP contribution in [0.2, 0.25) is 0 Å². The molecule has 17 heavy (non-hydrogen) atoms. The molecule has 5 nitrogen and oxygen atoms in total. The van der Waals surface area contributed by atoms with Crippen molar-refractivity contribution in [3.63, 3.8) is 0 Å². The minimum absolute atomic E-state index is 0.813. The van der Waals surface area contributed by atoms with E-state index in [4.69, 9.17) is 0 Å². The van der Waals surface area contributed by atoms with Crippen LogP contribution in [0.1, 0.15) is 18.7 Å². The van der Waals surface area contributed by atoms with Gasteiger partial charge < -0.3 is 14.8 Å². The fraction of sp³-hybridized carbons (Fsp3) is 0.833. The van der Waals surface area contributed by atoms with Gasteiger partial charge in [-0.1, -0.05) is 0 Å². The molecule has 0 aromatic carbocycles. The van der Waals surface area contributed by atoms with Crippen LogP contribution in [0.4, 0.5) is 0 Å². The molecule has 2 rings (SSSR count). The van der Waals surface area contributed by atoms with Crippen LogP contribution in [-0.2, 0) is 13.5 Å². The molecule has 1 aliphatic rings. The predicted octanol–water partition coefficient (Wildman–Crippen LogP) is 0.289. The lowest BCUT2D eigenvalue weighted by atomic mass is 9.98. The highest BCUT2D eigenvalue weighted by Crippen LogP contribution is 2.13. The molecule has 1 atom stereocenters. The van der Waals surface area contributed by atoms with Crippen LogP contribution >= 0.6 is 0 Å². The predicted molar refractivity (Wildman–Crippen MR) is 67.8 cm³/mol. The minimum atomic E-state index is 0.813. The van der Waals surface area contributed by atoms with Crippen molar-refractivity contribution in [3.05, 3.63) is 12.2 Å². The van der Waals surface area contributed by atoms with Gasteiger partial charge in [-0.2, -0.15) is 0 Å². The maximum atomic E-state index is 4.08. The SMILES string of the molecule is CN1CCCC(CNCCc2nncn2C)C1. The van der Waals surface area contributed by atoms with Gasteiger partial charge in [-0.3, -0.25) is 0 Å². The molecule has 2 heterocycles. The van der Waals surface area contributed by atoms with Crippen LogP contribution in [-0.4, -0.2) is 52.9 Å². The van der Waals surface area contributed by atoms with E-state index in [1.807, 2.05) is 11.6 Å². The third-order valence-corrected chi connectivity index (χ3v) is 3.49. The van der Waals surface area contributed by atoms with Gasteiger partial charge in [-0.15, -0.1) is 10.2 Å². The van der Waals surface area contributed by atoms with E-state index in [1.165, 1.54) is 25.9 Å². The number of aromatic nitrogens is 3. The van der Waals surface area contributed by atoms with E-state index in [-0.39, 0.29) is 0 Å². The molecule has 1 fully saturated rings. The molecule has 1 N–H and O–H groups in total.